The molecule has 0 radical (unpaired) electrons. The average Bonchev–Trinajstić information content (AvgIpc) is 2.89. The Hall–Kier alpha value is -2.71. The number of rotatable bonds is 2. The summed E-state index contributed by atoms with van der Waals surface area (Å²) in [5.74, 6) is 0. The van der Waals surface area contributed by atoms with Gasteiger partial charge in [-0.2, -0.15) is 5.26 Å². The van der Waals surface area contributed by atoms with Gasteiger partial charge in [-0.05, 0) is 42.3 Å². The number of aromatic nitrogens is 3. The van der Waals surface area contributed by atoms with Gasteiger partial charge in [0.15, 0.2) is 5.65 Å². The fourth-order valence-electron chi connectivity index (χ4n) is 2.10. The summed E-state index contributed by atoms with van der Waals surface area (Å²) in [6, 6.07) is 11.3. The van der Waals surface area contributed by atoms with Crippen LogP contribution in [0.15, 0.2) is 36.5 Å². The molecule has 1 N–H and O–H groups in total. The summed E-state index contributed by atoms with van der Waals surface area (Å²) < 4.78 is 1.73. The lowest BCUT2D eigenvalue weighted by Gasteiger charge is -2.06. The zero-order valence-electron chi connectivity index (χ0n) is 10.9. The second-order valence-electron chi connectivity index (χ2n) is 4.56. The molecule has 0 aliphatic carbocycles. The van der Waals surface area contributed by atoms with E-state index in [9.17, 15) is 5.11 Å². The first-order chi connectivity index (χ1) is 9.71. The second-order valence-corrected chi connectivity index (χ2v) is 4.56. The van der Waals surface area contributed by atoms with Crippen molar-refractivity contribution in [3.05, 3.63) is 53.3 Å². The number of nitrogens with zero attached hydrogens (tertiary/aromatic N) is 4. The number of pyridine rings is 1. The van der Waals surface area contributed by atoms with E-state index in [1.54, 1.807) is 10.7 Å². The molecule has 0 amide bonds. The van der Waals surface area contributed by atoms with E-state index >= 15 is 0 Å². The summed E-state index contributed by atoms with van der Waals surface area (Å²) in [7, 11) is 0. The largest absolute Gasteiger partial charge is 0.392 e. The van der Waals surface area contributed by atoms with Crippen molar-refractivity contribution in [3.63, 3.8) is 0 Å². The molecule has 3 aromatic rings. The maximum absolute atomic E-state index is 9.19. The Bertz CT molecular complexity index is 829. The van der Waals surface area contributed by atoms with Crippen LogP contribution in [0, 0.1) is 18.3 Å². The lowest BCUT2D eigenvalue weighted by molar-refractivity contribution is 0.281. The highest BCUT2D eigenvalue weighted by Gasteiger charge is 2.06. The van der Waals surface area contributed by atoms with Gasteiger partial charge in [-0.25, -0.2) is 9.67 Å². The molecular formula is C15H12N4O. The lowest BCUT2D eigenvalue weighted by atomic mass is 10.1. The van der Waals surface area contributed by atoms with E-state index in [4.69, 9.17) is 5.26 Å². The van der Waals surface area contributed by atoms with Crippen LogP contribution < -0.4 is 0 Å². The molecule has 2 heterocycles. The van der Waals surface area contributed by atoms with E-state index in [0.717, 1.165) is 22.2 Å². The molecule has 0 aliphatic rings. The lowest BCUT2D eigenvalue weighted by Crippen LogP contribution is -1.97. The highest BCUT2D eigenvalue weighted by molar-refractivity contribution is 5.75. The molecule has 5 nitrogen and oxygen atoms in total. The van der Waals surface area contributed by atoms with Crippen LogP contribution in [0.5, 0.6) is 0 Å². The van der Waals surface area contributed by atoms with Gasteiger partial charge < -0.3 is 5.11 Å². The average molecular weight is 264 g/mol. The molecule has 5 heteroatoms. The Morgan fingerprint density at radius 2 is 2.15 bits per heavy atom. The minimum absolute atomic E-state index is 0.0281. The minimum atomic E-state index is 0.0281. The van der Waals surface area contributed by atoms with E-state index < -0.39 is 0 Å². The van der Waals surface area contributed by atoms with Gasteiger partial charge in [-0.3, -0.25) is 0 Å². The number of hydrogen-bond acceptors (Lipinski definition) is 4. The van der Waals surface area contributed by atoms with Gasteiger partial charge in [0.25, 0.3) is 0 Å². The van der Waals surface area contributed by atoms with Gasteiger partial charge >= 0.3 is 0 Å². The van der Waals surface area contributed by atoms with E-state index in [-0.39, 0.29) is 6.61 Å². The third kappa shape index (κ3) is 2.02. The van der Waals surface area contributed by atoms with Crippen molar-refractivity contribution in [1.29, 1.82) is 5.26 Å². The standard InChI is InChI=1S/C15H12N4O/c1-10-6-14(5-3-12(10)9-20)19-8-11-2-4-13(7-16)17-15(11)18-19/h2-6,8,20H,9H2,1H3. The van der Waals surface area contributed by atoms with Crippen LogP contribution in [0.1, 0.15) is 16.8 Å². The Morgan fingerprint density at radius 3 is 2.85 bits per heavy atom. The molecule has 20 heavy (non-hydrogen) atoms. The highest BCUT2D eigenvalue weighted by atomic mass is 16.3. The van der Waals surface area contributed by atoms with Gasteiger partial charge in [0.05, 0.1) is 12.3 Å². The van der Waals surface area contributed by atoms with Crippen LogP contribution >= 0.6 is 0 Å². The summed E-state index contributed by atoms with van der Waals surface area (Å²) in [6.45, 7) is 1.98. The Morgan fingerprint density at radius 1 is 1.30 bits per heavy atom. The summed E-state index contributed by atoms with van der Waals surface area (Å²) in [5, 5.41) is 23.3. The van der Waals surface area contributed by atoms with E-state index in [1.807, 2.05) is 43.5 Å². The van der Waals surface area contributed by atoms with Crippen LogP contribution in [-0.2, 0) is 6.61 Å². The predicted octanol–water partition coefficient (Wildman–Crippen LogP) is 2.09. The number of hydrogen-bond donors (Lipinski definition) is 1. The monoisotopic (exact) mass is 264 g/mol. The normalized spacial score (nSPS) is 10.7. The predicted molar refractivity (Wildman–Crippen MR) is 74.2 cm³/mol. The first kappa shape index (κ1) is 12.3. The summed E-state index contributed by atoms with van der Waals surface area (Å²) in [5.41, 5.74) is 3.71. The van der Waals surface area contributed by atoms with Gasteiger partial charge in [-0.15, -0.1) is 5.10 Å². The van der Waals surface area contributed by atoms with Crippen molar-refractivity contribution in [2.45, 2.75) is 13.5 Å². The molecule has 0 fully saturated rings. The quantitative estimate of drug-likeness (QED) is 0.769. The zero-order valence-corrected chi connectivity index (χ0v) is 10.9. The SMILES string of the molecule is Cc1cc(-n2cc3ccc(C#N)nc3n2)ccc1CO. The van der Waals surface area contributed by atoms with Crippen LogP contribution in [0.2, 0.25) is 0 Å². The first-order valence-electron chi connectivity index (χ1n) is 6.18. The van der Waals surface area contributed by atoms with Gasteiger partial charge in [-0.1, -0.05) is 6.07 Å². The summed E-state index contributed by atoms with van der Waals surface area (Å²) in [6.07, 6.45) is 1.87. The molecule has 1 aromatic carbocycles. The molecule has 0 unspecified atom stereocenters. The van der Waals surface area contributed by atoms with Gasteiger partial charge in [0.2, 0.25) is 0 Å². The molecule has 98 valence electrons. The van der Waals surface area contributed by atoms with Crippen LogP contribution in [0.3, 0.4) is 0 Å². The van der Waals surface area contributed by atoms with Crippen molar-refractivity contribution < 1.29 is 5.11 Å². The number of aryl methyl sites for hydroxylation is 1. The smallest absolute Gasteiger partial charge is 0.182 e. The molecule has 2 aromatic heterocycles. The number of benzene rings is 1. The summed E-state index contributed by atoms with van der Waals surface area (Å²) >= 11 is 0. The molecule has 0 bridgehead atoms. The van der Waals surface area contributed by atoms with Crippen molar-refractivity contribution in [3.8, 4) is 11.8 Å². The van der Waals surface area contributed by atoms with Gasteiger partial charge in [0.1, 0.15) is 11.8 Å². The highest BCUT2D eigenvalue weighted by Crippen LogP contribution is 2.17. The van der Waals surface area contributed by atoms with Crippen molar-refractivity contribution in [2.24, 2.45) is 0 Å². The molecule has 0 spiro atoms. The summed E-state index contributed by atoms with van der Waals surface area (Å²) in [4.78, 5) is 4.16. The Balaban J connectivity index is 2.10. The van der Waals surface area contributed by atoms with Crippen LogP contribution in [0.25, 0.3) is 16.7 Å². The number of fused-ring (bicyclic) bond motifs is 1. The zero-order chi connectivity index (χ0) is 14.1. The first-order valence-corrected chi connectivity index (χ1v) is 6.18. The molecule has 0 aliphatic heterocycles. The Kier molecular flexibility index (Phi) is 2.93. The Labute approximate surface area is 115 Å². The molecule has 0 saturated heterocycles. The van der Waals surface area contributed by atoms with Crippen molar-refractivity contribution >= 4 is 11.0 Å². The maximum Gasteiger partial charge on any atom is 0.182 e. The number of aliphatic hydroxyl groups excluding tert-OH is 1. The topological polar surface area (TPSA) is 74.7 Å². The number of aliphatic hydroxyl groups is 1. The fourth-order valence-corrected chi connectivity index (χ4v) is 2.10. The van der Waals surface area contributed by atoms with Crippen molar-refractivity contribution in [2.75, 3.05) is 0 Å². The molecule has 0 saturated carbocycles. The fraction of sp³-hybridized carbons (Fsp3) is 0.133. The minimum Gasteiger partial charge on any atom is -0.392 e. The van der Waals surface area contributed by atoms with Crippen LogP contribution in [0.4, 0.5) is 0 Å². The van der Waals surface area contributed by atoms with Crippen molar-refractivity contribution in [1.82, 2.24) is 14.8 Å². The van der Waals surface area contributed by atoms with Crippen LogP contribution in [-0.4, -0.2) is 19.9 Å². The number of nitriles is 1. The maximum atomic E-state index is 9.19. The second kappa shape index (κ2) is 4.76. The third-order valence-corrected chi connectivity index (χ3v) is 3.24. The molecular weight excluding hydrogens is 252 g/mol. The van der Waals surface area contributed by atoms with E-state index in [0.29, 0.717) is 11.3 Å². The van der Waals surface area contributed by atoms with E-state index in [1.165, 1.54) is 0 Å². The third-order valence-electron chi connectivity index (χ3n) is 3.24. The van der Waals surface area contributed by atoms with Gasteiger partial charge in [0, 0.05) is 11.6 Å². The molecule has 3 rings (SSSR count). The molecule has 0 atom stereocenters. The van der Waals surface area contributed by atoms with E-state index in [2.05, 4.69) is 10.1 Å².